The number of primary amides is 1. The number of nitrogens with one attached hydrogen (secondary N) is 1. The van der Waals surface area contributed by atoms with Crippen molar-refractivity contribution in [2.75, 3.05) is 6.54 Å². The zero-order valence-electron chi connectivity index (χ0n) is 8.03. The Balaban J connectivity index is 0.00000196. The van der Waals surface area contributed by atoms with Crippen LogP contribution in [0.1, 0.15) is 16.8 Å². The van der Waals surface area contributed by atoms with Gasteiger partial charge in [-0.1, -0.05) is 5.56 Å². The van der Waals surface area contributed by atoms with E-state index in [1.54, 1.807) is 24.3 Å². The summed E-state index contributed by atoms with van der Waals surface area (Å²) in [5, 5.41) is 2.56. The monoisotopic (exact) mass is 375 g/mol. The van der Waals surface area contributed by atoms with Crippen LogP contribution in [0.4, 0.5) is 0 Å². The molecule has 0 saturated carbocycles. The van der Waals surface area contributed by atoms with Gasteiger partial charge in [-0.25, -0.2) is 0 Å². The van der Waals surface area contributed by atoms with Crippen molar-refractivity contribution < 1.29 is 30.7 Å². The normalized spacial score (nSPS) is 8.80. The summed E-state index contributed by atoms with van der Waals surface area (Å²) in [6, 6.07) is 9.61. The molecule has 1 aromatic rings. The van der Waals surface area contributed by atoms with Crippen molar-refractivity contribution in [3.8, 4) is 0 Å². The number of rotatable bonds is 4. The molecule has 0 aliphatic heterocycles. The van der Waals surface area contributed by atoms with Crippen LogP contribution in [-0.2, 0) is 25.9 Å². The van der Waals surface area contributed by atoms with Crippen molar-refractivity contribution >= 4 is 11.8 Å². The maximum atomic E-state index is 11.3. The van der Waals surface area contributed by atoms with Crippen molar-refractivity contribution in [2.24, 2.45) is 5.73 Å². The third kappa shape index (κ3) is 5.33. The Hall–Kier alpha value is -1.15. The third-order valence-electron chi connectivity index (χ3n) is 1.61. The fraction of sp³-hybridized carbons (Fsp3) is 0.200. The van der Waals surface area contributed by atoms with Crippen LogP contribution in [-0.4, -0.2) is 18.4 Å². The molecule has 0 heterocycles. The number of hydrogen-bond donors (Lipinski definition) is 2. The zero-order chi connectivity index (χ0) is 10.4. The van der Waals surface area contributed by atoms with Gasteiger partial charge >= 0.3 is 0 Å². The average Bonchev–Trinajstić information content (AvgIpc) is 2.18. The first-order chi connectivity index (χ1) is 6.70. The van der Waals surface area contributed by atoms with Gasteiger partial charge in [0, 0.05) is 34.0 Å². The van der Waals surface area contributed by atoms with Gasteiger partial charge in [0.2, 0.25) is 5.91 Å². The second kappa shape index (κ2) is 7.18. The molecule has 1 aromatic carbocycles. The van der Waals surface area contributed by atoms with E-state index < -0.39 is 5.91 Å². The fourth-order valence-electron chi connectivity index (χ4n) is 0.929. The van der Waals surface area contributed by atoms with E-state index >= 15 is 0 Å². The Labute approximate surface area is 102 Å². The third-order valence-corrected chi connectivity index (χ3v) is 1.61. The summed E-state index contributed by atoms with van der Waals surface area (Å²) in [6.07, 6.45) is 0.151. The van der Waals surface area contributed by atoms with Gasteiger partial charge in [0.15, 0.2) is 5.91 Å². The average molecular weight is 375 g/mol. The van der Waals surface area contributed by atoms with Crippen LogP contribution in [0.2, 0.25) is 0 Å². The summed E-state index contributed by atoms with van der Waals surface area (Å²) in [4.78, 5) is 21.7. The molecule has 2 amide bonds. The number of carbonyl (C=O) groups excluding carboxylic acids is 2. The van der Waals surface area contributed by atoms with Crippen LogP contribution in [0.5, 0.6) is 0 Å². The molecule has 0 unspecified atom stereocenters. The van der Waals surface area contributed by atoms with Crippen LogP contribution in [0, 0.1) is 6.07 Å². The van der Waals surface area contributed by atoms with E-state index in [-0.39, 0.29) is 39.9 Å². The molecule has 0 bridgehead atoms. The Morgan fingerprint density at radius 2 is 2.13 bits per heavy atom. The van der Waals surface area contributed by atoms with E-state index in [9.17, 15) is 9.59 Å². The van der Waals surface area contributed by atoms with Crippen LogP contribution < -0.4 is 11.1 Å². The van der Waals surface area contributed by atoms with Crippen LogP contribution in [0.25, 0.3) is 0 Å². The van der Waals surface area contributed by atoms with Crippen molar-refractivity contribution in [1.29, 1.82) is 0 Å². The number of benzene rings is 1. The second-order valence-corrected chi connectivity index (χ2v) is 2.75. The van der Waals surface area contributed by atoms with E-state index in [0.29, 0.717) is 5.56 Å². The number of nitrogens with two attached hydrogens (primary N) is 1. The van der Waals surface area contributed by atoms with Gasteiger partial charge in [0.05, 0.1) is 0 Å². The van der Waals surface area contributed by atoms with Crippen molar-refractivity contribution in [2.45, 2.75) is 6.42 Å². The molecule has 3 N–H and O–H groups in total. The summed E-state index contributed by atoms with van der Waals surface area (Å²) in [5.41, 5.74) is 5.37. The Bertz CT molecular complexity index is 327. The molecule has 80 valence electrons. The van der Waals surface area contributed by atoms with E-state index in [4.69, 9.17) is 5.73 Å². The number of carbonyl (C=O) groups is 2. The first kappa shape index (κ1) is 13.8. The molecular weight excluding hydrogens is 364 g/mol. The fourth-order valence-corrected chi connectivity index (χ4v) is 0.929. The minimum Gasteiger partial charge on any atom is -0.391 e. The minimum atomic E-state index is -0.428. The molecule has 0 atom stereocenters. The molecule has 0 spiro atoms. The molecule has 5 heteroatoms. The van der Waals surface area contributed by atoms with Crippen molar-refractivity contribution in [3.05, 3.63) is 35.9 Å². The van der Waals surface area contributed by atoms with Gasteiger partial charge in [-0.15, -0.1) is 30.3 Å². The first-order valence-corrected chi connectivity index (χ1v) is 4.23. The molecule has 15 heavy (non-hydrogen) atoms. The van der Waals surface area contributed by atoms with Gasteiger partial charge < -0.3 is 15.8 Å². The number of hydrogen-bond acceptors (Lipinski definition) is 2. The predicted octanol–water partition coefficient (Wildman–Crippen LogP) is 0.0895. The molecule has 0 aliphatic rings. The Morgan fingerprint density at radius 1 is 1.40 bits per heavy atom. The summed E-state index contributed by atoms with van der Waals surface area (Å²) in [5.74, 6) is -0.672. The molecular formula is C10H11N2O2W-. The number of amides is 2. The summed E-state index contributed by atoms with van der Waals surface area (Å²) in [7, 11) is 0. The molecule has 0 saturated heterocycles. The summed E-state index contributed by atoms with van der Waals surface area (Å²) >= 11 is 0. The minimum absolute atomic E-state index is 0. The Morgan fingerprint density at radius 3 is 2.67 bits per heavy atom. The van der Waals surface area contributed by atoms with Gasteiger partial charge in [-0.3, -0.25) is 4.79 Å². The summed E-state index contributed by atoms with van der Waals surface area (Å²) < 4.78 is 0. The van der Waals surface area contributed by atoms with Crippen LogP contribution >= 0.6 is 0 Å². The molecule has 0 aromatic heterocycles. The second-order valence-electron chi connectivity index (χ2n) is 2.75. The topological polar surface area (TPSA) is 72.2 Å². The van der Waals surface area contributed by atoms with Gasteiger partial charge in [0.25, 0.3) is 0 Å². The van der Waals surface area contributed by atoms with Gasteiger partial charge in [-0.05, 0) is 0 Å². The Kier molecular flexibility index (Phi) is 6.63. The van der Waals surface area contributed by atoms with E-state index in [1.165, 1.54) is 0 Å². The standard InChI is InChI=1S/C10H11N2O2.W/c11-9(13)6-7-12-10(14)8-4-2-1-3-5-8;/h1-4H,6-7H2,(H2,11,13)(H,12,14);/q-1;. The van der Waals surface area contributed by atoms with Gasteiger partial charge in [0.1, 0.15) is 0 Å². The molecule has 4 nitrogen and oxygen atoms in total. The summed E-state index contributed by atoms with van der Waals surface area (Å²) in [6.45, 7) is 0.261. The molecule has 0 fully saturated rings. The van der Waals surface area contributed by atoms with E-state index in [0.717, 1.165) is 0 Å². The van der Waals surface area contributed by atoms with E-state index in [1.807, 2.05) is 0 Å². The SMILES string of the molecule is NC(=O)CCNC(=O)c1[c-]cccc1.[W]. The predicted molar refractivity (Wildman–Crippen MR) is 51.4 cm³/mol. The first-order valence-electron chi connectivity index (χ1n) is 4.23. The van der Waals surface area contributed by atoms with Crippen molar-refractivity contribution in [1.82, 2.24) is 5.32 Å². The molecule has 0 radical (unpaired) electrons. The largest absolute Gasteiger partial charge is 0.391 e. The quantitative estimate of drug-likeness (QED) is 0.733. The van der Waals surface area contributed by atoms with Crippen molar-refractivity contribution in [3.63, 3.8) is 0 Å². The van der Waals surface area contributed by atoms with Crippen LogP contribution in [0.3, 0.4) is 0 Å². The maximum Gasteiger partial charge on any atom is 0.219 e. The van der Waals surface area contributed by atoms with Gasteiger partial charge in [-0.2, -0.15) is 0 Å². The maximum absolute atomic E-state index is 11.3. The van der Waals surface area contributed by atoms with Crippen LogP contribution in [0.15, 0.2) is 24.3 Å². The molecule has 0 aliphatic carbocycles. The molecule has 1 rings (SSSR count). The zero-order valence-corrected chi connectivity index (χ0v) is 11.0. The smallest absolute Gasteiger partial charge is 0.219 e. The van der Waals surface area contributed by atoms with E-state index in [2.05, 4.69) is 11.4 Å².